The van der Waals surface area contributed by atoms with Crippen molar-refractivity contribution in [3.63, 3.8) is 0 Å². The first kappa shape index (κ1) is 19.3. The zero-order valence-electron chi connectivity index (χ0n) is 15.7. The Morgan fingerprint density at radius 1 is 1.00 bits per heavy atom. The van der Waals surface area contributed by atoms with Crippen LogP contribution in [-0.2, 0) is 0 Å². The Morgan fingerprint density at radius 2 is 1.79 bits per heavy atom. The van der Waals surface area contributed by atoms with Crippen molar-refractivity contribution in [1.29, 1.82) is 0 Å². The highest BCUT2D eigenvalue weighted by molar-refractivity contribution is 6.35. The number of fused-ring (bicyclic) bond motifs is 1. The minimum absolute atomic E-state index is 0.429. The van der Waals surface area contributed by atoms with E-state index in [0.29, 0.717) is 39.6 Å². The molecule has 4 rings (SSSR count). The maximum Gasteiger partial charge on any atom is 0.161 e. The molecule has 0 aliphatic carbocycles. The summed E-state index contributed by atoms with van der Waals surface area (Å²) in [6.45, 7) is 2.75. The minimum atomic E-state index is 0.429. The summed E-state index contributed by atoms with van der Waals surface area (Å²) in [6.07, 6.45) is 1.49. The van der Waals surface area contributed by atoms with Crippen LogP contribution >= 0.6 is 23.2 Å². The standard InChI is InChI=1S/C22H19Cl2N5/c1-2-29(19-9-5-7-14-6-3-4-8-16(14)19)22-20(25)21(26-13-27-22)28-18-12-15(23)10-11-17(18)24/h3-13H,2,25H2,1H3,(H,26,27,28). The fraction of sp³-hybridized carbons (Fsp3) is 0.0909. The maximum atomic E-state index is 6.47. The van der Waals surface area contributed by atoms with Gasteiger partial charge in [0.15, 0.2) is 11.6 Å². The van der Waals surface area contributed by atoms with Gasteiger partial charge in [0.1, 0.15) is 12.0 Å². The first-order chi connectivity index (χ1) is 14.1. The van der Waals surface area contributed by atoms with Crippen molar-refractivity contribution < 1.29 is 0 Å². The second kappa shape index (κ2) is 8.15. The normalized spacial score (nSPS) is 10.9. The molecule has 0 amide bonds. The molecular weight excluding hydrogens is 405 g/mol. The molecule has 0 aliphatic heterocycles. The first-order valence-electron chi connectivity index (χ1n) is 9.16. The third-order valence-corrected chi connectivity index (χ3v) is 5.24. The molecule has 0 saturated heterocycles. The first-order valence-corrected chi connectivity index (χ1v) is 9.92. The lowest BCUT2D eigenvalue weighted by molar-refractivity contribution is 0.985. The predicted molar refractivity (Wildman–Crippen MR) is 123 cm³/mol. The van der Waals surface area contributed by atoms with Gasteiger partial charge in [-0.1, -0.05) is 59.6 Å². The van der Waals surface area contributed by atoms with Gasteiger partial charge in [0, 0.05) is 17.0 Å². The number of nitrogens with one attached hydrogen (secondary N) is 1. The van der Waals surface area contributed by atoms with Crippen LogP contribution in [0, 0.1) is 0 Å². The molecule has 0 bridgehead atoms. The maximum absolute atomic E-state index is 6.47. The second-order valence-corrected chi connectivity index (χ2v) is 7.29. The van der Waals surface area contributed by atoms with E-state index in [1.165, 1.54) is 6.33 Å². The van der Waals surface area contributed by atoms with Crippen LogP contribution < -0.4 is 16.0 Å². The summed E-state index contributed by atoms with van der Waals surface area (Å²) in [5, 5.41) is 6.54. The molecule has 0 saturated carbocycles. The Balaban J connectivity index is 1.78. The van der Waals surface area contributed by atoms with E-state index in [-0.39, 0.29) is 0 Å². The van der Waals surface area contributed by atoms with Crippen molar-refractivity contribution >= 4 is 62.7 Å². The van der Waals surface area contributed by atoms with E-state index in [1.807, 2.05) is 18.2 Å². The summed E-state index contributed by atoms with van der Waals surface area (Å²) in [5.74, 6) is 1.09. The highest BCUT2D eigenvalue weighted by Gasteiger charge is 2.18. The Bertz CT molecular complexity index is 1170. The van der Waals surface area contributed by atoms with Gasteiger partial charge in [-0.2, -0.15) is 0 Å². The fourth-order valence-electron chi connectivity index (χ4n) is 3.30. The zero-order chi connectivity index (χ0) is 20.4. The lowest BCUT2D eigenvalue weighted by Crippen LogP contribution is -2.20. The number of anilines is 5. The van der Waals surface area contributed by atoms with Crippen LogP contribution in [-0.4, -0.2) is 16.5 Å². The number of nitrogen functional groups attached to an aromatic ring is 1. The highest BCUT2D eigenvalue weighted by Crippen LogP contribution is 2.37. The summed E-state index contributed by atoms with van der Waals surface area (Å²) in [4.78, 5) is 10.8. The largest absolute Gasteiger partial charge is 0.393 e. The van der Waals surface area contributed by atoms with Crippen LogP contribution in [0.5, 0.6) is 0 Å². The van der Waals surface area contributed by atoms with E-state index in [2.05, 4.69) is 51.4 Å². The predicted octanol–water partition coefficient (Wildman–Crippen LogP) is 6.42. The number of nitrogens with two attached hydrogens (primary N) is 1. The Labute approximate surface area is 179 Å². The quantitative estimate of drug-likeness (QED) is 0.387. The molecule has 0 fully saturated rings. The molecule has 3 N–H and O–H groups in total. The third-order valence-electron chi connectivity index (χ3n) is 4.67. The SMILES string of the molecule is CCN(c1ncnc(Nc2cc(Cl)ccc2Cl)c1N)c1cccc2ccccc12. The van der Waals surface area contributed by atoms with Crippen LogP contribution in [0.1, 0.15) is 6.92 Å². The van der Waals surface area contributed by atoms with E-state index in [9.17, 15) is 0 Å². The number of benzene rings is 3. The molecule has 29 heavy (non-hydrogen) atoms. The van der Waals surface area contributed by atoms with E-state index in [1.54, 1.807) is 18.2 Å². The fourth-order valence-corrected chi connectivity index (χ4v) is 3.64. The van der Waals surface area contributed by atoms with Gasteiger partial charge in [-0.25, -0.2) is 9.97 Å². The van der Waals surface area contributed by atoms with Gasteiger partial charge in [-0.3, -0.25) is 0 Å². The molecule has 0 aliphatic rings. The van der Waals surface area contributed by atoms with Crippen LogP contribution in [0.15, 0.2) is 67.0 Å². The Morgan fingerprint density at radius 3 is 2.62 bits per heavy atom. The number of aromatic nitrogens is 2. The number of rotatable bonds is 5. The van der Waals surface area contributed by atoms with Gasteiger partial charge < -0.3 is 16.0 Å². The minimum Gasteiger partial charge on any atom is -0.393 e. The van der Waals surface area contributed by atoms with Gasteiger partial charge in [-0.15, -0.1) is 0 Å². The van der Waals surface area contributed by atoms with Gasteiger partial charge in [0.05, 0.1) is 16.4 Å². The number of hydrogen-bond acceptors (Lipinski definition) is 5. The van der Waals surface area contributed by atoms with Crippen LogP contribution in [0.2, 0.25) is 10.0 Å². The summed E-state index contributed by atoms with van der Waals surface area (Å²) in [7, 11) is 0. The monoisotopic (exact) mass is 423 g/mol. The average Bonchev–Trinajstić information content (AvgIpc) is 2.74. The number of halogens is 2. The molecule has 1 heterocycles. The van der Waals surface area contributed by atoms with Crippen LogP contribution in [0.4, 0.5) is 28.7 Å². The van der Waals surface area contributed by atoms with Gasteiger partial charge in [0.2, 0.25) is 0 Å². The molecular formula is C22H19Cl2N5. The molecule has 1 aromatic heterocycles. The van der Waals surface area contributed by atoms with Crippen LogP contribution in [0.25, 0.3) is 10.8 Å². The van der Waals surface area contributed by atoms with Crippen molar-refractivity contribution in [3.8, 4) is 0 Å². The lowest BCUT2D eigenvalue weighted by Gasteiger charge is -2.25. The molecule has 0 atom stereocenters. The van der Waals surface area contributed by atoms with E-state index in [4.69, 9.17) is 28.9 Å². The third kappa shape index (κ3) is 3.79. The van der Waals surface area contributed by atoms with Crippen molar-refractivity contribution in [2.75, 3.05) is 22.5 Å². The summed E-state index contributed by atoms with van der Waals surface area (Å²) in [6, 6.07) is 19.6. The summed E-state index contributed by atoms with van der Waals surface area (Å²) < 4.78 is 0. The smallest absolute Gasteiger partial charge is 0.161 e. The zero-order valence-corrected chi connectivity index (χ0v) is 17.2. The molecule has 0 radical (unpaired) electrons. The van der Waals surface area contributed by atoms with E-state index in [0.717, 1.165) is 16.5 Å². The second-order valence-electron chi connectivity index (χ2n) is 6.45. The summed E-state index contributed by atoms with van der Waals surface area (Å²) in [5.41, 5.74) is 8.56. The molecule has 146 valence electrons. The summed E-state index contributed by atoms with van der Waals surface area (Å²) >= 11 is 12.4. The lowest BCUT2D eigenvalue weighted by atomic mass is 10.1. The average molecular weight is 424 g/mol. The Hall–Kier alpha value is -3.02. The van der Waals surface area contributed by atoms with Gasteiger partial charge >= 0.3 is 0 Å². The number of nitrogens with zero attached hydrogens (tertiary/aromatic N) is 3. The molecule has 5 nitrogen and oxygen atoms in total. The van der Waals surface area contributed by atoms with E-state index >= 15 is 0 Å². The Kier molecular flexibility index (Phi) is 5.43. The molecule has 4 aromatic rings. The van der Waals surface area contributed by atoms with Crippen molar-refractivity contribution in [2.45, 2.75) is 6.92 Å². The molecule has 0 spiro atoms. The molecule has 7 heteroatoms. The number of hydrogen-bond donors (Lipinski definition) is 2. The van der Waals surface area contributed by atoms with Gasteiger partial charge in [0.25, 0.3) is 0 Å². The van der Waals surface area contributed by atoms with E-state index < -0.39 is 0 Å². The van der Waals surface area contributed by atoms with Crippen molar-refractivity contribution in [3.05, 3.63) is 77.0 Å². The molecule has 0 unspecified atom stereocenters. The highest BCUT2D eigenvalue weighted by atomic mass is 35.5. The van der Waals surface area contributed by atoms with Gasteiger partial charge in [-0.05, 0) is 36.6 Å². The molecule has 3 aromatic carbocycles. The topological polar surface area (TPSA) is 67.1 Å². The van der Waals surface area contributed by atoms with Crippen LogP contribution in [0.3, 0.4) is 0 Å². The van der Waals surface area contributed by atoms with Crippen molar-refractivity contribution in [2.24, 2.45) is 0 Å². The van der Waals surface area contributed by atoms with Crippen molar-refractivity contribution in [1.82, 2.24) is 9.97 Å².